The standard InChI is InChI=1S/C17H16N2O.2ClH.Co/c20-17-13-7-9-19(10-8-13)16(17)11-14-6-5-12-3-1-2-4-15(12)18-14;;;/h1-6,11,13H,7-10H2;2*1H;/q;;;+3/p-2/b16-11-;;;. The zero-order valence-corrected chi connectivity index (χ0v) is 14.9. The van der Waals surface area contributed by atoms with Crippen LogP contribution in [-0.4, -0.2) is 28.8 Å². The maximum absolute atomic E-state index is 12.3. The van der Waals surface area contributed by atoms with Gasteiger partial charge in [-0.15, -0.1) is 0 Å². The van der Waals surface area contributed by atoms with Gasteiger partial charge < -0.3 is 4.90 Å². The minimum atomic E-state index is 0.242. The molecule has 2 bridgehead atoms. The molecule has 0 amide bonds. The van der Waals surface area contributed by atoms with Crippen molar-refractivity contribution in [2.75, 3.05) is 13.1 Å². The van der Waals surface area contributed by atoms with Gasteiger partial charge in [-0.2, -0.15) is 0 Å². The Hall–Kier alpha value is -1.07. The quantitative estimate of drug-likeness (QED) is 0.679. The molecule has 3 nitrogen and oxygen atoms in total. The minimum absolute atomic E-state index is 0.242. The van der Waals surface area contributed by atoms with E-state index in [-0.39, 0.29) is 5.92 Å². The number of aromatic nitrogens is 1. The molecule has 3 saturated heterocycles. The third kappa shape index (κ3) is 3.71. The van der Waals surface area contributed by atoms with E-state index in [1.165, 1.54) is 0 Å². The van der Waals surface area contributed by atoms with Crippen molar-refractivity contribution in [3.05, 3.63) is 47.8 Å². The number of halogens is 2. The molecule has 3 aliphatic heterocycles. The van der Waals surface area contributed by atoms with E-state index >= 15 is 0 Å². The van der Waals surface area contributed by atoms with Crippen LogP contribution in [0.1, 0.15) is 18.5 Å². The fourth-order valence-corrected chi connectivity index (χ4v) is 3.21. The van der Waals surface area contributed by atoms with Crippen molar-refractivity contribution < 1.29 is 17.7 Å². The van der Waals surface area contributed by atoms with Crippen molar-refractivity contribution in [3.8, 4) is 0 Å². The van der Waals surface area contributed by atoms with E-state index in [1.807, 2.05) is 30.3 Å². The summed E-state index contributed by atoms with van der Waals surface area (Å²) in [6, 6.07) is 12.1. The van der Waals surface area contributed by atoms with Crippen LogP contribution in [0.25, 0.3) is 17.0 Å². The summed E-state index contributed by atoms with van der Waals surface area (Å²) in [5.74, 6) is 0.546. The second kappa shape index (κ2) is 7.66. The van der Waals surface area contributed by atoms with Gasteiger partial charge in [-0.25, -0.2) is 4.98 Å². The first-order chi connectivity index (χ1) is 11.2. The van der Waals surface area contributed by atoms with Crippen molar-refractivity contribution in [2.45, 2.75) is 12.8 Å². The molecule has 6 heteroatoms. The Morgan fingerprint density at radius 3 is 2.52 bits per heavy atom. The van der Waals surface area contributed by atoms with E-state index in [9.17, 15) is 4.79 Å². The zero-order chi connectivity index (χ0) is 16.2. The van der Waals surface area contributed by atoms with Crippen LogP contribution in [0.3, 0.4) is 0 Å². The van der Waals surface area contributed by atoms with Crippen molar-refractivity contribution in [3.63, 3.8) is 0 Å². The molecule has 122 valence electrons. The maximum atomic E-state index is 12.3. The molecule has 5 rings (SSSR count). The van der Waals surface area contributed by atoms with Crippen molar-refractivity contribution >= 4 is 43.1 Å². The molecule has 2 aromatic rings. The van der Waals surface area contributed by atoms with Gasteiger partial charge in [0.1, 0.15) is 0 Å². The molecule has 4 heterocycles. The first-order valence-corrected chi connectivity index (χ1v) is 10.3. The molecular formula is C17H16Cl2CoN2O+. The van der Waals surface area contributed by atoms with E-state index in [1.54, 1.807) is 0 Å². The number of fused-ring (bicyclic) bond motifs is 4. The summed E-state index contributed by atoms with van der Waals surface area (Å²) in [7, 11) is 9.47. The number of Topliss-reactive ketones (excluding diaryl/α,β-unsaturated/α-hetero) is 1. The number of nitrogens with zero attached hydrogens (tertiary/aromatic N) is 2. The average Bonchev–Trinajstić information content (AvgIpc) is 2.59. The van der Waals surface area contributed by atoms with Gasteiger partial charge in [0.25, 0.3) is 0 Å². The number of pyridine rings is 1. The van der Waals surface area contributed by atoms with Gasteiger partial charge >= 0.3 is 33.2 Å². The number of piperidine rings is 3. The Morgan fingerprint density at radius 1 is 1.13 bits per heavy atom. The summed E-state index contributed by atoms with van der Waals surface area (Å²) in [6.07, 6.45) is 3.99. The monoisotopic (exact) mass is 393 g/mol. The predicted octanol–water partition coefficient (Wildman–Crippen LogP) is 4.25. The van der Waals surface area contributed by atoms with Gasteiger partial charge in [0, 0.05) is 24.4 Å². The molecule has 1 aromatic heterocycles. The average molecular weight is 394 g/mol. The van der Waals surface area contributed by atoms with Crippen LogP contribution in [0.4, 0.5) is 0 Å². The van der Waals surface area contributed by atoms with Crippen LogP contribution >= 0.6 is 20.3 Å². The molecule has 1 aromatic carbocycles. The second-order valence-electron chi connectivity index (χ2n) is 5.63. The van der Waals surface area contributed by atoms with Crippen LogP contribution in [0.15, 0.2) is 42.1 Å². The van der Waals surface area contributed by atoms with Gasteiger partial charge in [0.05, 0.1) is 16.9 Å². The normalized spacial score (nSPS) is 19.3. The number of carbonyl (C=O) groups excluding carboxylic acids is 1. The number of carbonyl (C=O) groups is 1. The molecule has 0 spiro atoms. The summed E-state index contributed by atoms with van der Waals surface area (Å²) in [4.78, 5) is 19.2. The predicted molar refractivity (Wildman–Crippen MR) is 90.7 cm³/mol. The third-order valence-corrected chi connectivity index (χ3v) is 4.36. The van der Waals surface area contributed by atoms with Crippen LogP contribution < -0.4 is 0 Å². The molecule has 0 aliphatic carbocycles. The van der Waals surface area contributed by atoms with E-state index in [2.05, 4.69) is 22.0 Å². The first kappa shape index (κ1) is 16.8. The van der Waals surface area contributed by atoms with Crippen LogP contribution in [0.2, 0.25) is 0 Å². The Labute approximate surface area is 150 Å². The van der Waals surface area contributed by atoms with Crippen LogP contribution in [-0.2, 0) is 17.7 Å². The Bertz CT molecular complexity index is 742. The number of para-hydroxylation sites is 1. The number of rotatable bonds is 1. The summed E-state index contributed by atoms with van der Waals surface area (Å²) < 4.78 is 0. The van der Waals surface area contributed by atoms with Crippen molar-refractivity contribution in [1.82, 2.24) is 9.88 Å². The molecule has 3 fully saturated rings. The first-order valence-electron chi connectivity index (χ1n) is 7.43. The topological polar surface area (TPSA) is 33.2 Å². The van der Waals surface area contributed by atoms with Gasteiger partial charge in [-0.1, -0.05) is 24.3 Å². The SMILES string of the molecule is O=C1/C(=C/c2ccc3ccccc3n2)N2CCC1CC2.[Cl][Co+][Cl]. The number of ketones is 1. The molecule has 0 radical (unpaired) electrons. The number of benzene rings is 1. The van der Waals surface area contributed by atoms with E-state index < -0.39 is 0 Å². The summed E-state index contributed by atoms with van der Waals surface area (Å²) in [5.41, 5.74) is 2.71. The number of hydrogen-bond donors (Lipinski definition) is 0. The Balaban J connectivity index is 0.000000485. The van der Waals surface area contributed by atoms with Gasteiger partial charge in [-0.3, -0.25) is 4.79 Å². The number of hydrogen-bond acceptors (Lipinski definition) is 3. The molecule has 0 unspecified atom stereocenters. The summed E-state index contributed by atoms with van der Waals surface area (Å²) in [5, 5.41) is 1.13. The molecule has 23 heavy (non-hydrogen) atoms. The Morgan fingerprint density at radius 2 is 1.83 bits per heavy atom. The van der Waals surface area contributed by atoms with Gasteiger partial charge in [0.2, 0.25) is 0 Å². The van der Waals surface area contributed by atoms with Crippen molar-refractivity contribution in [1.29, 1.82) is 0 Å². The van der Waals surface area contributed by atoms with E-state index in [0.29, 0.717) is 18.7 Å². The second-order valence-corrected chi connectivity index (χ2v) is 7.35. The van der Waals surface area contributed by atoms with Gasteiger partial charge in [-0.05, 0) is 31.1 Å². The molecular weight excluding hydrogens is 378 g/mol. The van der Waals surface area contributed by atoms with E-state index in [0.717, 1.165) is 48.2 Å². The third-order valence-electron chi connectivity index (χ3n) is 4.36. The zero-order valence-electron chi connectivity index (χ0n) is 12.3. The fourth-order valence-electron chi connectivity index (χ4n) is 3.21. The van der Waals surface area contributed by atoms with Crippen molar-refractivity contribution in [2.24, 2.45) is 5.92 Å². The molecule has 0 saturated carbocycles. The van der Waals surface area contributed by atoms with Gasteiger partial charge in [0.15, 0.2) is 5.78 Å². The van der Waals surface area contributed by atoms with Crippen LogP contribution in [0, 0.1) is 5.92 Å². The van der Waals surface area contributed by atoms with Crippen LogP contribution in [0.5, 0.6) is 0 Å². The summed E-state index contributed by atoms with van der Waals surface area (Å²) >= 11 is 0.382. The fraction of sp³-hybridized carbons (Fsp3) is 0.294. The molecule has 0 N–H and O–H groups in total. The molecule has 0 atom stereocenters. The van der Waals surface area contributed by atoms with E-state index in [4.69, 9.17) is 20.3 Å². The Kier molecular flexibility index (Phi) is 5.59. The summed E-state index contributed by atoms with van der Waals surface area (Å²) in [6.45, 7) is 2.02. The number of allylic oxidation sites excluding steroid dienone is 1. The molecule has 3 aliphatic rings.